The summed E-state index contributed by atoms with van der Waals surface area (Å²) in [6.07, 6.45) is 1.42. The summed E-state index contributed by atoms with van der Waals surface area (Å²) in [7, 11) is 1.37. The molecular weight excluding hydrogens is 408 g/mol. The quantitative estimate of drug-likeness (QED) is 0.412. The highest BCUT2D eigenvalue weighted by Gasteiger charge is 2.26. The van der Waals surface area contributed by atoms with Gasteiger partial charge in [-0.3, -0.25) is 0 Å². The molecule has 0 spiro atoms. The number of phenolic OH excluding ortho intramolecular Hbond substituents is 1. The molecule has 0 aliphatic carbocycles. The molecule has 32 heavy (non-hydrogen) atoms. The van der Waals surface area contributed by atoms with Gasteiger partial charge in [-0.1, -0.05) is 18.2 Å². The fraction of sp³-hybridized carbons (Fsp3) is 0.292. The number of benzene rings is 2. The van der Waals surface area contributed by atoms with Crippen LogP contribution in [-0.4, -0.2) is 42.8 Å². The van der Waals surface area contributed by atoms with E-state index in [4.69, 9.17) is 26.7 Å². The Morgan fingerprint density at radius 1 is 1.16 bits per heavy atom. The van der Waals surface area contributed by atoms with Gasteiger partial charge in [0.05, 0.1) is 25.0 Å². The Bertz CT molecular complexity index is 1070. The highest BCUT2D eigenvalue weighted by molar-refractivity contribution is 5.91. The van der Waals surface area contributed by atoms with E-state index >= 15 is 0 Å². The number of para-hydroxylation sites is 1. The van der Waals surface area contributed by atoms with Gasteiger partial charge in [0.25, 0.3) is 0 Å². The molecular formula is C24H30N4O4. The number of methoxy groups -OCH3 is 1. The van der Waals surface area contributed by atoms with Crippen molar-refractivity contribution in [3.63, 3.8) is 0 Å². The van der Waals surface area contributed by atoms with Gasteiger partial charge >= 0.3 is 5.97 Å². The molecule has 2 aromatic rings. The minimum atomic E-state index is -0.366. The van der Waals surface area contributed by atoms with Gasteiger partial charge < -0.3 is 36.7 Å². The van der Waals surface area contributed by atoms with Crippen LogP contribution >= 0.6 is 0 Å². The number of carbonyl (C=O) groups is 1. The third-order valence-electron chi connectivity index (χ3n) is 5.58. The van der Waals surface area contributed by atoms with E-state index < -0.39 is 0 Å². The van der Waals surface area contributed by atoms with E-state index in [0.717, 1.165) is 16.7 Å². The molecule has 8 heteroatoms. The molecule has 1 aliphatic rings. The van der Waals surface area contributed by atoms with E-state index in [0.29, 0.717) is 42.2 Å². The average Bonchev–Trinajstić information content (AvgIpc) is 2.78. The third-order valence-corrected chi connectivity index (χ3v) is 5.58. The molecule has 0 amide bonds. The monoisotopic (exact) mass is 438 g/mol. The van der Waals surface area contributed by atoms with E-state index in [1.807, 2.05) is 30.9 Å². The van der Waals surface area contributed by atoms with Crippen LogP contribution in [0.5, 0.6) is 5.75 Å². The molecule has 0 radical (unpaired) electrons. The van der Waals surface area contributed by atoms with Gasteiger partial charge in [0.1, 0.15) is 17.7 Å². The first-order valence-electron chi connectivity index (χ1n) is 10.3. The van der Waals surface area contributed by atoms with E-state index in [1.165, 1.54) is 7.11 Å². The number of hydrogen-bond acceptors (Lipinski definition) is 8. The Hall–Kier alpha value is -3.65. The van der Waals surface area contributed by atoms with Crippen molar-refractivity contribution in [1.82, 2.24) is 4.90 Å². The lowest BCUT2D eigenvalue weighted by molar-refractivity contribution is -0.0175. The molecule has 3 rings (SSSR count). The second-order valence-electron chi connectivity index (χ2n) is 7.78. The number of rotatable bonds is 5. The second-order valence-corrected chi connectivity index (χ2v) is 7.78. The Labute approximate surface area is 187 Å². The van der Waals surface area contributed by atoms with Crippen LogP contribution < -0.4 is 17.2 Å². The molecule has 170 valence electrons. The van der Waals surface area contributed by atoms with E-state index in [2.05, 4.69) is 0 Å². The lowest BCUT2D eigenvalue weighted by Crippen LogP contribution is -2.39. The van der Waals surface area contributed by atoms with Gasteiger partial charge in [0, 0.05) is 24.4 Å². The number of carbonyl (C=O) groups excluding carboxylic acids is 1. The smallest absolute Gasteiger partial charge is 0.338 e. The number of esters is 1. The number of nitrogens with two attached hydrogens (primary N) is 3. The molecule has 1 aliphatic heterocycles. The van der Waals surface area contributed by atoms with Crippen molar-refractivity contribution in [2.45, 2.75) is 20.0 Å². The Morgan fingerprint density at radius 2 is 1.88 bits per heavy atom. The number of morpholine rings is 1. The number of phenols is 1. The minimum absolute atomic E-state index is 0.0767. The van der Waals surface area contributed by atoms with Crippen molar-refractivity contribution in [1.29, 1.82) is 0 Å². The molecule has 0 saturated carbocycles. The molecule has 1 heterocycles. The van der Waals surface area contributed by atoms with Crippen LogP contribution in [0.1, 0.15) is 38.7 Å². The summed E-state index contributed by atoms with van der Waals surface area (Å²) in [5, 5.41) is 10.1. The zero-order chi connectivity index (χ0) is 23.4. The fourth-order valence-electron chi connectivity index (χ4n) is 3.87. The summed E-state index contributed by atoms with van der Waals surface area (Å²) in [5.74, 6) is -0.167. The predicted octanol–water partition coefficient (Wildman–Crippen LogP) is 2.26. The largest absolute Gasteiger partial charge is 0.507 e. The molecule has 1 saturated heterocycles. The lowest BCUT2D eigenvalue weighted by atomic mass is 9.95. The number of aryl methyl sites for hydroxylation is 2. The number of nitrogens with zero attached hydrogens (tertiary/aromatic N) is 1. The van der Waals surface area contributed by atoms with Crippen molar-refractivity contribution in [3.05, 3.63) is 81.8 Å². The first kappa shape index (κ1) is 23.0. The number of aromatic hydroxyl groups is 1. The van der Waals surface area contributed by atoms with Crippen LogP contribution in [0.2, 0.25) is 0 Å². The van der Waals surface area contributed by atoms with Crippen LogP contribution in [0.4, 0.5) is 0 Å². The summed E-state index contributed by atoms with van der Waals surface area (Å²) in [4.78, 5) is 14.0. The first-order chi connectivity index (χ1) is 15.2. The van der Waals surface area contributed by atoms with E-state index in [9.17, 15) is 9.90 Å². The minimum Gasteiger partial charge on any atom is -0.507 e. The number of allylic oxidation sites excluding steroid dienone is 1. The number of hydrogen-bond donors (Lipinski definition) is 4. The van der Waals surface area contributed by atoms with Gasteiger partial charge in [0.2, 0.25) is 0 Å². The Balaban J connectivity index is 1.90. The molecule has 0 bridgehead atoms. The lowest BCUT2D eigenvalue weighted by Gasteiger charge is -2.36. The molecule has 1 fully saturated rings. The van der Waals surface area contributed by atoms with E-state index in [-0.39, 0.29) is 23.6 Å². The summed E-state index contributed by atoms with van der Waals surface area (Å²) in [6, 6.07) is 10.6. The van der Waals surface area contributed by atoms with Crippen molar-refractivity contribution in [2.75, 3.05) is 26.8 Å². The van der Waals surface area contributed by atoms with Gasteiger partial charge in [-0.05, 0) is 54.8 Å². The zero-order valence-electron chi connectivity index (χ0n) is 18.6. The highest BCUT2D eigenvalue weighted by atomic mass is 16.5. The van der Waals surface area contributed by atoms with Gasteiger partial charge in [-0.25, -0.2) is 4.79 Å². The maximum Gasteiger partial charge on any atom is 0.338 e. The maximum absolute atomic E-state index is 12.0. The van der Waals surface area contributed by atoms with Crippen molar-refractivity contribution < 1.29 is 19.4 Å². The average molecular weight is 439 g/mol. The van der Waals surface area contributed by atoms with Gasteiger partial charge in [-0.15, -0.1) is 0 Å². The summed E-state index contributed by atoms with van der Waals surface area (Å²) >= 11 is 0. The van der Waals surface area contributed by atoms with Crippen LogP contribution in [0.3, 0.4) is 0 Å². The summed E-state index contributed by atoms with van der Waals surface area (Å²) in [6.45, 7) is 5.34. The normalized spacial score (nSPS) is 16.5. The van der Waals surface area contributed by atoms with Crippen LogP contribution in [-0.2, 0) is 9.47 Å². The SMILES string of the molecule is COC(=O)c1cc(C)c(C2CN(C(/C=C(\N)c3ccccc3O)=C(N)N)CCO2)cc1C. The molecule has 7 N–H and O–H groups in total. The fourth-order valence-corrected chi connectivity index (χ4v) is 3.87. The first-order valence-corrected chi connectivity index (χ1v) is 10.3. The standard InChI is InChI=1S/C24H30N4O4/c1-14-11-18(24(30)31-3)15(2)10-17(14)22-13-28(8-9-32-22)20(23(26)27)12-19(25)16-6-4-5-7-21(16)29/h4-7,10-12,22,29H,8-9,13,25-27H2,1-3H3/b19-12-. The summed E-state index contributed by atoms with van der Waals surface area (Å²) < 4.78 is 10.9. The highest BCUT2D eigenvalue weighted by Crippen LogP contribution is 2.30. The molecule has 2 aromatic carbocycles. The van der Waals surface area contributed by atoms with Crippen molar-refractivity contribution in [3.8, 4) is 5.75 Å². The molecule has 1 atom stereocenters. The Kier molecular flexibility index (Phi) is 6.95. The van der Waals surface area contributed by atoms with Gasteiger partial charge in [0.15, 0.2) is 0 Å². The van der Waals surface area contributed by atoms with Crippen molar-refractivity contribution >= 4 is 11.7 Å². The molecule has 0 aromatic heterocycles. The topological polar surface area (TPSA) is 137 Å². The van der Waals surface area contributed by atoms with Crippen LogP contribution in [0, 0.1) is 13.8 Å². The second kappa shape index (κ2) is 9.65. The third kappa shape index (κ3) is 4.81. The maximum atomic E-state index is 12.0. The van der Waals surface area contributed by atoms with Crippen LogP contribution in [0.25, 0.3) is 5.70 Å². The Morgan fingerprint density at radius 3 is 2.53 bits per heavy atom. The zero-order valence-corrected chi connectivity index (χ0v) is 18.6. The molecule has 1 unspecified atom stereocenters. The molecule has 8 nitrogen and oxygen atoms in total. The van der Waals surface area contributed by atoms with Crippen molar-refractivity contribution in [2.24, 2.45) is 17.2 Å². The summed E-state index contributed by atoms with van der Waals surface area (Å²) in [5.41, 5.74) is 22.9. The number of ether oxygens (including phenoxy) is 2. The van der Waals surface area contributed by atoms with Gasteiger partial charge in [-0.2, -0.15) is 0 Å². The predicted molar refractivity (Wildman–Crippen MR) is 123 cm³/mol. The van der Waals surface area contributed by atoms with Crippen LogP contribution in [0.15, 0.2) is 54.0 Å². The van der Waals surface area contributed by atoms with E-state index in [1.54, 1.807) is 30.3 Å².